The lowest BCUT2D eigenvalue weighted by atomic mass is 9.93. The molecule has 5 rings (SSSR count). The van der Waals surface area contributed by atoms with Gasteiger partial charge in [0.15, 0.2) is 12.1 Å². The van der Waals surface area contributed by atoms with Gasteiger partial charge in [-0.3, -0.25) is 38.4 Å². The number of benzene rings is 3. The van der Waals surface area contributed by atoms with Gasteiger partial charge in [-0.25, -0.2) is 4.79 Å². The number of amides is 8. The van der Waals surface area contributed by atoms with Gasteiger partial charge < -0.3 is 50.3 Å². The van der Waals surface area contributed by atoms with Crippen molar-refractivity contribution in [3.63, 3.8) is 0 Å². The molecule has 4 N–H and O–H groups in total. The summed E-state index contributed by atoms with van der Waals surface area (Å²) in [5, 5.41) is 21.1. The molecule has 0 spiro atoms. The molecule has 3 aromatic rings. The number of rotatable bonds is 14. The van der Waals surface area contributed by atoms with Crippen LogP contribution >= 0.6 is 11.6 Å². The third kappa shape index (κ3) is 17.0. The number of nitrogens with one attached hydrogen (secondary N) is 3. The van der Waals surface area contributed by atoms with Crippen LogP contribution in [0.3, 0.4) is 0 Å². The van der Waals surface area contributed by atoms with Crippen LogP contribution in [-0.4, -0.2) is 178 Å². The van der Waals surface area contributed by atoms with E-state index in [1.54, 1.807) is 78.8 Å². The Morgan fingerprint density at radius 3 is 1.71 bits per heavy atom. The number of esters is 1. The van der Waals surface area contributed by atoms with Crippen molar-refractivity contribution in [3.8, 4) is 11.1 Å². The number of carbonyl (C=O) groups excluding carboxylic acids is 9. The molecular formula is C66H95ClN8O11. The van der Waals surface area contributed by atoms with Gasteiger partial charge in [0.1, 0.15) is 42.3 Å². The molecule has 0 aliphatic carbocycles. The molecule has 2 fully saturated rings. The van der Waals surface area contributed by atoms with Crippen LogP contribution in [0.15, 0.2) is 78.9 Å². The molecule has 0 aromatic heterocycles. The summed E-state index contributed by atoms with van der Waals surface area (Å²) >= 11 is 6.69. The molecule has 11 atom stereocenters. The predicted molar refractivity (Wildman–Crippen MR) is 332 cm³/mol. The second-order valence-corrected chi connectivity index (χ2v) is 25.8. The fourth-order valence-corrected chi connectivity index (χ4v) is 12.2. The van der Waals surface area contributed by atoms with E-state index in [0.29, 0.717) is 35.4 Å². The summed E-state index contributed by atoms with van der Waals surface area (Å²) in [4.78, 5) is 142. The van der Waals surface area contributed by atoms with Crippen molar-refractivity contribution in [2.24, 2.45) is 29.6 Å². The summed E-state index contributed by atoms with van der Waals surface area (Å²) in [5.74, 6) is -8.91. The lowest BCUT2D eigenvalue weighted by Gasteiger charge is -2.39. The Balaban J connectivity index is 1.73. The third-order valence-corrected chi connectivity index (χ3v) is 17.4. The summed E-state index contributed by atoms with van der Waals surface area (Å²) in [7, 11) is 5.66. The minimum Gasteiger partial charge on any atom is -0.450 e. The maximum Gasteiger partial charge on any atom is 0.332 e. The Labute approximate surface area is 514 Å². The van der Waals surface area contributed by atoms with Gasteiger partial charge in [-0.1, -0.05) is 160 Å². The second-order valence-electron chi connectivity index (χ2n) is 25.4. The van der Waals surface area contributed by atoms with Crippen LogP contribution in [0.1, 0.15) is 126 Å². The number of nitrogens with zero attached hydrogens (tertiary/aromatic N) is 5. The van der Waals surface area contributed by atoms with Crippen LogP contribution in [0.5, 0.6) is 0 Å². The van der Waals surface area contributed by atoms with Gasteiger partial charge in [-0.05, 0) is 86.0 Å². The summed E-state index contributed by atoms with van der Waals surface area (Å²) in [6.07, 6.45) is -0.139. The third-order valence-electron chi connectivity index (χ3n) is 17.1. The van der Waals surface area contributed by atoms with E-state index in [-0.39, 0.29) is 38.1 Å². The quantitative estimate of drug-likeness (QED) is 0.124. The summed E-state index contributed by atoms with van der Waals surface area (Å²) in [5.41, 5.74) is 0.847. The van der Waals surface area contributed by atoms with Crippen molar-refractivity contribution in [3.05, 3.63) is 95.0 Å². The predicted octanol–water partition coefficient (Wildman–Crippen LogP) is 6.69. The topological polar surface area (TPSA) is 235 Å². The summed E-state index contributed by atoms with van der Waals surface area (Å²) in [6.45, 7) is 20.6. The van der Waals surface area contributed by atoms with E-state index >= 15 is 24.0 Å². The number of hydrogen-bond acceptors (Lipinski definition) is 11. The smallest absolute Gasteiger partial charge is 0.332 e. The Bertz CT molecular complexity index is 2880. The highest BCUT2D eigenvalue weighted by Crippen LogP contribution is 2.31. The molecule has 2 aliphatic heterocycles. The molecule has 472 valence electrons. The number of cyclic esters (lactones) is 1. The fraction of sp³-hybridized carbons (Fsp3) is 0.591. The maximum atomic E-state index is 15.7. The molecule has 2 aliphatic rings. The zero-order valence-electron chi connectivity index (χ0n) is 53.4. The van der Waals surface area contributed by atoms with Gasteiger partial charge in [-0.2, -0.15) is 0 Å². The van der Waals surface area contributed by atoms with Crippen LogP contribution in [0.2, 0.25) is 5.02 Å². The SMILES string of the molecule is CCC(C)[C@@H]1NC(=O)[C@@H]2CCCN2C(=O)[C@H](Cc2cccc(-c3ccccc3Cl)c2)N(C)C(=O)[C@H](Cc2ccccc2)NC(=O)[C@H](C(C)C)N(C)C(=O)[C@@H](C(C)CC)OC(=O)[C@H](C(C)(C)O)N(C)C(=O)[C@H](CC(C)C)NC(=O)[C@H](C(C)C)N(C)C1=O. The molecule has 0 radical (unpaired) electrons. The van der Waals surface area contributed by atoms with E-state index in [4.69, 9.17) is 16.3 Å². The van der Waals surface area contributed by atoms with Crippen LogP contribution in [0, 0.1) is 29.6 Å². The number of ether oxygens (including phenoxy) is 1. The van der Waals surface area contributed by atoms with Gasteiger partial charge in [-0.15, -0.1) is 0 Å². The molecule has 2 heterocycles. The zero-order chi connectivity index (χ0) is 64.2. The van der Waals surface area contributed by atoms with Crippen LogP contribution < -0.4 is 16.0 Å². The number of hydrogen-bond donors (Lipinski definition) is 4. The average molecular weight is 1210 g/mol. The number of carbonyl (C=O) groups is 9. The molecule has 8 amide bonds. The first-order chi connectivity index (χ1) is 40.4. The molecule has 0 bridgehead atoms. The van der Waals surface area contributed by atoms with Crippen molar-refractivity contribution in [2.75, 3.05) is 34.7 Å². The highest BCUT2D eigenvalue weighted by molar-refractivity contribution is 6.33. The van der Waals surface area contributed by atoms with Crippen LogP contribution in [0.4, 0.5) is 0 Å². The molecule has 2 unspecified atom stereocenters. The number of likely N-dealkylation sites (N-methyl/N-ethyl adjacent to an activating group) is 4. The normalized spacial score (nSPS) is 25.3. The summed E-state index contributed by atoms with van der Waals surface area (Å²) in [6, 6.07) is 13.4. The molecule has 3 aromatic carbocycles. The van der Waals surface area contributed by atoms with E-state index in [2.05, 4.69) is 16.0 Å². The highest BCUT2D eigenvalue weighted by atomic mass is 35.5. The van der Waals surface area contributed by atoms with E-state index < -0.39 is 137 Å². The molecule has 20 heteroatoms. The number of halogens is 1. The van der Waals surface area contributed by atoms with Gasteiger partial charge in [0.05, 0.1) is 5.60 Å². The Hall–Kier alpha value is -6.86. The number of fused-ring (bicyclic) bond motifs is 1. The van der Waals surface area contributed by atoms with Crippen molar-refractivity contribution >= 4 is 64.8 Å². The zero-order valence-corrected chi connectivity index (χ0v) is 54.1. The highest BCUT2D eigenvalue weighted by Gasteiger charge is 2.48. The molecular weight excluding hydrogens is 1120 g/mol. The Kier molecular flexibility index (Phi) is 24.9. The monoisotopic (exact) mass is 1210 g/mol. The first kappa shape index (κ1) is 69.9. The molecule has 86 heavy (non-hydrogen) atoms. The molecule has 19 nitrogen and oxygen atoms in total. The van der Waals surface area contributed by atoms with E-state index in [9.17, 15) is 24.3 Å². The van der Waals surface area contributed by atoms with Crippen molar-refractivity contribution in [1.29, 1.82) is 0 Å². The molecule has 2 saturated heterocycles. The maximum absolute atomic E-state index is 15.7. The van der Waals surface area contributed by atoms with Gasteiger partial charge >= 0.3 is 5.97 Å². The van der Waals surface area contributed by atoms with Crippen LogP contribution in [0.25, 0.3) is 11.1 Å². The average Bonchev–Trinajstić information content (AvgIpc) is 2.59. The lowest BCUT2D eigenvalue weighted by Crippen LogP contribution is -2.63. The van der Waals surface area contributed by atoms with Crippen molar-refractivity contribution < 1.29 is 53.0 Å². The first-order valence-corrected chi connectivity index (χ1v) is 30.8. The summed E-state index contributed by atoms with van der Waals surface area (Å²) < 4.78 is 6.13. The Morgan fingerprint density at radius 1 is 0.605 bits per heavy atom. The van der Waals surface area contributed by atoms with Crippen molar-refractivity contribution in [1.82, 2.24) is 40.4 Å². The number of aliphatic hydroxyl groups is 1. The van der Waals surface area contributed by atoms with E-state index in [0.717, 1.165) is 16.0 Å². The minimum absolute atomic E-state index is 0.0379. The lowest BCUT2D eigenvalue weighted by molar-refractivity contribution is -0.177. The standard InChI is InChI=1S/C66H95ClN8O11/c1-17-41(9)52-63(82)72(14)53(39(5)6)58(77)68-48(34-38(3)4)61(80)74(16)56(66(11,12)85)65(84)86-55(42(10)18-2)64(83)73(15)54(40(7)8)59(78)69-49(36-43-26-20-19-21-27-43)60(79)71(13)51(62(81)75-33-25-32-50(75)57(76)70-52)37-44-28-24-29-45(35-44)46-30-22-23-31-47(46)67/h19-24,26-31,35,38-42,48-56,85H,17-18,25,32-34,36-37H2,1-16H3,(H,68,77)(H,69,78)(H,70,76)/t41?,42?,48-,49-,50-,51-,52-,53-,54-,55+,56+/m0/s1. The van der Waals surface area contributed by atoms with E-state index in [1.807, 2.05) is 69.3 Å². The fourth-order valence-electron chi connectivity index (χ4n) is 11.9. The van der Waals surface area contributed by atoms with Gasteiger partial charge in [0.2, 0.25) is 41.4 Å². The van der Waals surface area contributed by atoms with Crippen molar-refractivity contribution in [2.45, 2.75) is 188 Å². The largest absolute Gasteiger partial charge is 0.450 e. The minimum atomic E-state index is -1.99. The van der Waals surface area contributed by atoms with Gasteiger partial charge in [0.25, 0.3) is 5.91 Å². The van der Waals surface area contributed by atoms with Crippen LogP contribution in [-0.2, 0) is 60.7 Å². The Morgan fingerprint density at radius 2 is 1.15 bits per heavy atom. The molecule has 0 saturated carbocycles. The second kappa shape index (κ2) is 30.7. The first-order valence-electron chi connectivity index (χ1n) is 30.4. The van der Waals surface area contributed by atoms with E-state index in [1.165, 1.54) is 61.6 Å². The van der Waals surface area contributed by atoms with Gasteiger partial charge in [0, 0.05) is 64.1 Å².